The lowest BCUT2D eigenvalue weighted by molar-refractivity contribution is 0.0947. The number of pyridine rings is 1. The quantitative estimate of drug-likeness (QED) is 0.868. The van der Waals surface area contributed by atoms with Gasteiger partial charge in [0.25, 0.3) is 5.91 Å². The van der Waals surface area contributed by atoms with Gasteiger partial charge in [-0.15, -0.1) is 0 Å². The van der Waals surface area contributed by atoms with Crippen molar-refractivity contribution in [3.05, 3.63) is 17.8 Å². The van der Waals surface area contributed by atoms with Gasteiger partial charge < -0.3 is 15.4 Å². The topological polar surface area (TPSA) is 63.2 Å². The van der Waals surface area contributed by atoms with Gasteiger partial charge in [-0.25, -0.2) is 4.98 Å². The number of anilines is 1. The molecule has 0 atom stereocenters. The predicted molar refractivity (Wildman–Crippen MR) is 79.3 cm³/mol. The molecule has 0 bridgehead atoms. The molecule has 1 aliphatic rings. The van der Waals surface area contributed by atoms with E-state index in [1.54, 1.807) is 12.3 Å². The fraction of sp³-hybridized carbons (Fsp3) is 0.600. The summed E-state index contributed by atoms with van der Waals surface area (Å²) in [6.45, 7) is 8.59. The molecule has 0 aliphatic heterocycles. The highest BCUT2D eigenvalue weighted by Crippen LogP contribution is 2.25. The van der Waals surface area contributed by atoms with Crippen molar-refractivity contribution in [3.63, 3.8) is 0 Å². The van der Waals surface area contributed by atoms with Gasteiger partial charge in [-0.2, -0.15) is 0 Å². The monoisotopic (exact) mass is 277 g/mol. The summed E-state index contributed by atoms with van der Waals surface area (Å²) in [5, 5.41) is 6.23. The Morgan fingerprint density at radius 3 is 2.70 bits per heavy atom. The Morgan fingerprint density at radius 2 is 2.15 bits per heavy atom. The fourth-order valence-electron chi connectivity index (χ4n) is 1.83. The minimum absolute atomic E-state index is 0.0890. The molecule has 1 aromatic rings. The maximum atomic E-state index is 12.1. The number of ether oxygens (including phenoxy) is 1. The van der Waals surface area contributed by atoms with Crippen molar-refractivity contribution in [2.75, 3.05) is 11.9 Å². The van der Waals surface area contributed by atoms with Crippen LogP contribution in [-0.2, 0) is 0 Å². The fourth-order valence-corrected chi connectivity index (χ4v) is 1.83. The van der Waals surface area contributed by atoms with Crippen LogP contribution in [-0.4, -0.2) is 29.1 Å². The molecule has 1 fully saturated rings. The molecule has 5 nitrogen and oxygen atoms in total. The largest absolute Gasteiger partial charge is 0.493 e. The molecule has 1 amide bonds. The number of aromatic nitrogens is 1. The number of carbonyl (C=O) groups is 1. The Labute approximate surface area is 120 Å². The standard InChI is InChI=1S/C15H23N3O2/c1-5-20-12-8-13(18-15(2,3)4)16-9-11(12)14(19)17-10-6-7-10/h8-10H,5-7H2,1-4H3,(H,16,18)(H,17,19). The zero-order chi connectivity index (χ0) is 14.8. The highest BCUT2D eigenvalue weighted by Gasteiger charge is 2.25. The van der Waals surface area contributed by atoms with Crippen molar-refractivity contribution in [2.45, 2.75) is 52.1 Å². The Morgan fingerprint density at radius 1 is 1.45 bits per heavy atom. The summed E-state index contributed by atoms with van der Waals surface area (Å²) in [4.78, 5) is 16.4. The van der Waals surface area contributed by atoms with E-state index in [9.17, 15) is 4.79 Å². The van der Waals surface area contributed by atoms with Gasteiger partial charge in [0.1, 0.15) is 11.6 Å². The van der Waals surface area contributed by atoms with Crippen LogP contribution in [0, 0.1) is 0 Å². The van der Waals surface area contributed by atoms with E-state index in [1.807, 2.05) is 6.92 Å². The van der Waals surface area contributed by atoms with Crippen molar-refractivity contribution in [3.8, 4) is 5.75 Å². The first-order chi connectivity index (χ1) is 9.39. The van der Waals surface area contributed by atoms with Crippen molar-refractivity contribution in [1.82, 2.24) is 10.3 Å². The molecular weight excluding hydrogens is 254 g/mol. The molecule has 1 saturated carbocycles. The average molecular weight is 277 g/mol. The highest BCUT2D eigenvalue weighted by atomic mass is 16.5. The molecule has 0 unspecified atom stereocenters. The number of amides is 1. The zero-order valence-corrected chi connectivity index (χ0v) is 12.6. The second-order valence-corrected chi connectivity index (χ2v) is 6.12. The van der Waals surface area contributed by atoms with Crippen LogP contribution in [0.3, 0.4) is 0 Å². The molecule has 2 rings (SSSR count). The van der Waals surface area contributed by atoms with E-state index in [2.05, 4.69) is 36.4 Å². The van der Waals surface area contributed by atoms with Crippen LogP contribution in [0.5, 0.6) is 5.75 Å². The van der Waals surface area contributed by atoms with Crippen LogP contribution in [0.25, 0.3) is 0 Å². The lowest BCUT2D eigenvalue weighted by atomic mass is 10.1. The summed E-state index contributed by atoms with van der Waals surface area (Å²) in [6.07, 6.45) is 3.70. The van der Waals surface area contributed by atoms with Crippen LogP contribution in [0.1, 0.15) is 50.9 Å². The number of rotatable bonds is 5. The number of hydrogen-bond acceptors (Lipinski definition) is 4. The van der Waals surface area contributed by atoms with Crippen molar-refractivity contribution >= 4 is 11.7 Å². The summed E-state index contributed by atoms with van der Waals surface area (Å²) in [5.74, 6) is 1.18. The molecule has 1 aromatic heterocycles. The normalized spacial score (nSPS) is 14.8. The first-order valence-electron chi connectivity index (χ1n) is 7.11. The summed E-state index contributed by atoms with van der Waals surface area (Å²) >= 11 is 0. The second-order valence-electron chi connectivity index (χ2n) is 6.12. The first-order valence-corrected chi connectivity index (χ1v) is 7.11. The van der Waals surface area contributed by atoms with E-state index in [-0.39, 0.29) is 11.4 Å². The van der Waals surface area contributed by atoms with Crippen LogP contribution < -0.4 is 15.4 Å². The molecule has 1 aliphatic carbocycles. The van der Waals surface area contributed by atoms with Gasteiger partial charge in [0.15, 0.2) is 0 Å². The second kappa shape index (κ2) is 5.69. The molecular formula is C15H23N3O2. The molecule has 0 radical (unpaired) electrons. The Kier molecular flexibility index (Phi) is 4.16. The lowest BCUT2D eigenvalue weighted by Crippen LogP contribution is -2.28. The molecule has 1 heterocycles. The number of nitrogens with one attached hydrogen (secondary N) is 2. The van der Waals surface area contributed by atoms with E-state index in [4.69, 9.17) is 4.74 Å². The van der Waals surface area contributed by atoms with Crippen molar-refractivity contribution in [1.29, 1.82) is 0 Å². The van der Waals surface area contributed by atoms with Gasteiger partial charge in [-0.1, -0.05) is 0 Å². The van der Waals surface area contributed by atoms with E-state index >= 15 is 0 Å². The Balaban J connectivity index is 2.20. The van der Waals surface area contributed by atoms with Gasteiger partial charge in [0.2, 0.25) is 0 Å². The zero-order valence-electron chi connectivity index (χ0n) is 12.6. The third-order valence-corrected chi connectivity index (χ3v) is 2.83. The number of hydrogen-bond donors (Lipinski definition) is 2. The number of carbonyl (C=O) groups excluding carboxylic acids is 1. The molecule has 0 saturated heterocycles. The van der Waals surface area contributed by atoms with E-state index in [0.717, 1.165) is 12.8 Å². The smallest absolute Gasteiger partial charge is 0.256 e. The molecule has 0 spiro atoms. The molecule has 5 heteroatoms. The minimum atomic E-state index is -0.106. The van der Waals surface area contributed by atoms with Gasteiger partial charge >= 0.3 is 0 Å². The maximum absolute atomic E-state index is 12.1. The van der Waals surface area contributed by atoms with Crippen LogP contribution in [0.2, 0.25) is 0 Å². The van der Waals surface area contributed by atoms with Gasteiger partial charge in [0.05, 0.1) is 12.2 Å². The van der Waals surface area contributed by atoms with Crippen molar-refractivity contribution < 1.29 is 9.53 Å². The summed E-state index contributed by atoms with van der Waals surface area (Å²) in [7, 11) is 0. The first kappa shape index (κ1) is 14.6. The molecule has 0 aromatic carbocycles. The minimum Gasteiger partial charge on any atom is -0.493 e. The van der Waals surface area contributed by atoms with Gasteiger partial charge in [-0.05, 0) is 40.5 Å². The molecule has 2 N–H and O–H groups in total. The highest BCUT2D eigenvalue weighted by molar-refractivity contribution is 5.97. The SMILES string of the molecule is CCOc1cc(NC(C)(C)C)ncc1C(=O)NC1CC1. The Bertz CT molecular complexity index is 490. The van der Waals surface area contributed by atoms with E-state index in [0.29, 0.717) is 29.8 Å². The van der Waals surface area contributed by atoms with Gasteiger partial charge in [-0.3, -0.25) is 4.79 Å². The third-order valence-electron chi connectivity index (χ3n) is 2.83. The van der Waals surface area contributed by atoms with E-state index in [1.165, 1.54) is 0 Å². The molecule has 20 heavy (non-hydrogen) atoms. The molecule has 110 valence electrons. The predicted octanol–water partition coefficient (Wildman–Crippen LogP) is 2.58. The maximum Gasteiger partial charge on any atom is 0.256 e. The third kappa shape index (κ3) is 4.11. The number of nitrogens with zero attached hydrogens (tertiary/aromatic N) is 1. The van der Waals surface area contributed by atoms with E-state index < -0.39 is 0 Å². The van der Waals surface area contributed by atoms with Crippen molar-refractivity contribution in [2.24, 2.45) is 0 Å². The summed E-state index contributed by atoms with van der Waals surface area (Å²) in [6, 6.07) is 2.11. The van der Waals surface area contributed by atoms with Crippen LogP contribution in [0.15, 0.2) is 12.3 Å². The summed E-state index contributed by atoms with van der Waals surface area (Å²) < 4.78 is 5.57. The van der Waals surface area contributed by atoms with Crippen LogP contribution in [0.4, 0.5) is 5.82 Å². The lowest BCUT2D eigenvalue weighted by Gasteiger charge is -2.22. The van der Waals surface area contributed by atoms with Gasteiger partial charge in [0, 0.05) is 23.8 Å². The summed E-state index contributed by atoms with van der Waals surface area (Å²) in [5.41, 5.74) is 0.409. The average Bonchev–Trinajstić information content (AvgIpc) is 3.11. The Hall–Kier alpha value is -1.78. The van der Waals surface area contributed by atoms with Crippen LogP contribution >= 0.6 is 0 Å².